The minimum Gasteiger partial charge on any atom is -0.470 e. The summed E-state index contributed by atoms with van der Waals surface area (Å²) >= 11 is 0. The van der Waals surface area contributed by atoms with Crippen LogP contribution >= 0.6 is 0 Å². The van der Waals surface area contributed by atoms with Crippen molar-refractivity contribution in [1.29, 1.82) is 0 Å². The van der Waals surface area contributed by atoms with Crippen molar-refractivity contribution in [2.24, 2.45) is 10.8 Å². The standard InChI is InChI=1S/C55H71BN2O/c1-15-17-41-42(53(9,10)22-21-52(41,7)8)20-26-58-47-32-40-36(6)19-18-35(5)39(40)31-45(47)56(51-46(57-25-16-2)28-37(34(3)4)29-48(51)58)50-30-38-27-43-44(33-49(38)59-50)55(13,14)24-23-54(43,11)12/h15-17,20,25-36,57H,18-19,21-24H2,1-14H3/b17-15+,25-16+,26-20+. The molecule has 2 heterocycles. The average molecular weight is 787 g/mol. The molecule has 310 valence electrons. The van der Waals surface area contributed by atoms with Gasteiger partial charge in [0, 0.05) is 28.6 Å². The molecule has 4 aromatic rings. The van der Waals surface area contributed by atoms with Gasteiger partial charge in [-0.15, -0.1) is 0 Å². The van der Waals surface area contributed by atoms with Crippen LogP contribution in [0.15, 0.2) is 94.7 Å². The van der Waals surface area contributed by atoms with Crippen LogP contribution in [-0.4, -0.2) is 6.71 Å². The number of anilines is 3. The van der Waals surface area contributed by atoms with Crippen LogP contribution < -0.4 is 26.8 Å². The summed E-state index contributed by atoms with van der Waals surface area (Å²) < 4.78 is 7.26. The second-order valence-corrected chi connectivity index (χ2v) is 21.8. The lowest BCUT2D eigenvalue weighted by atomic mass is 9.36. The van der Waals surface area contributed by atoms with Crippen molar-refractivity contribution in [3.8, 4) is 0 Å². The number of rotatable bonds is 7. The maximum Gasteiger partial charge on any atom is 0.294 e. The molecule has 0 bridgehead atoms. The monoisotopic (exact) mass is 787 g/mol. The number of benzene rings is 3. The van der Waals surface area contributed by atoms with Crippen molar-refractivity contribution in [1.82, 2.24) is 0 Å². The van der Waals surface area contributed by atoms with Gasteiger partial charge < -0.3 is 14.6 Å². The zero-order chi connectivity index (χ0) is 42.4. The number of nitrogens with one attached hydrogen (secondary N) is 1. The van der Waals surface area contributed by atoms with Crippen molar-refractivity contribution in [3.05, 3.63) is 118 Å². The third-order valence-electron chi connectivity index (χ3n) is 15.3. The first-order chi connectivity index (χ1) is 27.8. The van der Waals surface area contributed by atoms with E-state index in [1.54, 1.807) is 0 Å². The third-order valence-corrected chi connectivity index (χ3v) is 15.3. The average Bonchev–Trinajstić information content (AvgIpc) is 3.60. The van der Waals surface area contributed by atoms with E-state index in [4.69, 9.17) is 4.42 Å². The molecule has 0 saturated heterocycles. The van der Waals surface area contributed by atoms with Gasteiger partial charge in [-0.1, -0.05) is 107 Å². The van der Waals surface area contributed by atoms with Crippen molar-refractivity contribution in [2.45, 2.75) is 164 Å². The van der Waals surface area contributed by atoms with Gasteiger partial charge >= 0.3 is 0 Å². The molecule has 3 aromatic carbocycles. The normalized spacial score (nSPS) is 23.0. The van der Waals surface area contributed by atoms with Crippen LogP contribution in [0.25, 0.3) is 11.0 Å². The lowest BCUT2D eigenvalue weighted by molar-refractivity contribution is 0.273. The topological polar surface area (TPSA) is 28.4 Å². The van der Waals surface area contributed by atoms with Gasteiger partial charge in [0.15, 0.2) is 0 Å². The van der Waals surface area contributed by atoms with Crippen molar-refractivity contribution in [2.75, 3.05) is 10.2 Å². The van der Waals surface area contributed by atoms with Gasteiger partial charge in [-0.25, -0.2) is 0 Å². The molecule has 59 heavy (non-hydrogen) atoms. The van der Waals surface area contributed by atoms with E-state index in [9.17, 15) is 0 Å². The van der Waals surface area contributed by atoms with Crippen LogP contribution in [0.2, 0.25) is 0 Å². The summed E-state index contributed by atoms with van der Waals surface area (Å²) in [7, 11) is 0. The van der Waals surface area contributed by atoms with E-state index in [0.717, 1.165) is 23.4 Å². The Morgan fingerprint density at radius 1 is 0.695 bits per heavy atom. The van der Waals surface area contributed by atoms with E-state index in [0.29, 0.717) is 17.8 Å². The maximum atomic E-state index is 7.26. The largest absolute Gasteiger partial charge is 0.470 e. The fourth-order valence-electron chi connectivity index (χ4n) is 11.1. The van der Waals surface area contributed by atoms with E-state index in [1.165, 1.54) is 98.8 Å². The second-order valence-electron chi connectivity index (χ2n) is 21.8. The fourth-order valence-corrected chi connectivity index (χ4v) is 11.1. The van der Waals surface area contributed by atoms with E-state index < -0.39 is 0 Å². The van der Waals surface area contributed by atoms with Gasteiger partial charge in [0.25, 0.3) is 6.71 Å². The summed E-state index contributed by atoms with van der Waals surface area (Å²) in [6, 6.07) is 17.3. The molecule has 1 aliphatic heterocycles. The van der Waals surface area contributed by atoms with Crippen molar-refractivity contribution < 1.29 is 4.42 Å². The smallest absolute Gasteiger partial charge is 0.294 e. The Labute approximate surface area is 357 Å². The molecule has 3 nitrogen and oxygen atoms in total. The molecule has 0 radical (unpaired) electrons. The van der Waals surface area contributed by atoms with E-state index in [-0.39, 0.29) is 28.4 Å². The Morgan fingerprint density at radius 2 is 1.29 bits per heavy atom. The number of allylic oxidation sites excluding steroid dienone is 6. The predicted octanol–water partition coefficient (Wildman–Crippen LogP) is 14.1. The Morgan fingerprint density at radius 3 is 1.90 bits per heavy atom. The molecular weight excluding hydrogens is 715 g/mol. The Kier molecular flexibility index (Phi) is 10.4. The van der Waals surface area contributed by atoms with Crippen LogP contribution in [-0.2, 0) is 10.8 Å². The molecule has 8 rings (SSSR count). The van der Waals surface area contributed by atoms with E-state index in [1.807, 2.05) is 0 Å². The Hall–Kier alpha value is -4.18. The first kappa shape index (κ1) is 41.6. The summed E-state index contributed by atoms with van der Waals surface area (Å²) in [5.41, 5.74) is 18.8. The minimum atomic E-state index is -0.0957. The van der Waals surface area contributed by atoms with Crippen LogP contribution in [0.1, 0.15) is 181 Å². The van der Waals surface area contributed by atoms with Crippen LogP contribution in [0.5, 0.6) is 0 Å². The van der Waals surface area contributed by atoms with Gasteiger partial charge in [-0.2, -0.15) is 0 Å². The minimum absolute atomic E-state index is 0.0552. The van der Waals surface area contributed by atoms with Crippen molar-refractivity contribution in [3.63, 3.8) is 0 Å². The summed E-state index contributed by atoms with van der Waals surface area (Å²) in [4.78, 5) is 2.56. The van der Waals surface area contributed by atoms with Crippen LogP contribution in [0.4, 0.5) is 17.1 Å². The van der Waals surface area contributed by atoms with Crippen LogP contribution in [0, 0.1) is 10.8 Å². The molecule has 2 unspecified atom stereocenters. The number of hydrogen-bond acceptors (Lipinski definition) is 3. The van der Waals surface area contributed by atoms with Gasteiger partial charge in [-0.3, -0.25) is 0 Å². The molecule has 0 fully saturated rings. The van der Waals surface area contributed by atoms with E-state index >= 15 is 0 Å². The van der Waals surface area contributed by atoms with E-state index in [2.05, 4.69) is 186 Å². The van der Waals surface area contributed by atoms with Crippen LogP contribution in [0.3, 0.4) is 0 Å². The first-order valence-corrected chi connectivity index (χ1v) is 22.9. The molecule has 2 atom stereocenters. The molecule has 0 spiro atoms. The molecule has 0 saturated carbocycles. The highest BCUT2D eigenvalue weighted by Gasteiger charge is 2.43. The zero-order valence-corrected chi connectivity index (χ0v) is 38.9. The lowest BCUT2D eigenvalue weighted by Crippen LogP contribution is -2.58. The number of furan rings is 1. The maximum absolute atomic E-state index is 7.26. The molecule has 3 aliphatic carbocycles. The molecule has 1 N–H and O–H groups in total. The summed E-state index contributed by atoms with van der Waals surface area (Å²) in [5.74, 6) is 1.37. The highest BCUT2D eigenvalue weighted by molar-refractivity contribution is 6.98. The van der Waals surface area contributed by atoms with Gasteiger partial charge in [0.05, 0.1) is 5.66 Å². The number of nitrogens with zero attached hydrogens (tertiary/aromatic N) is 1. The molecule has 4 heteroatoms. The summed E-state index contributed by atoms with van der Waals surface area (Å²) in [5, 5.41) is 5.02. The predicted molar refractivity (Wildman–Crippen MR) is 258 cm³/mol. The van der Waals surface area contributed by atoms with Gasteiger partial charge in [-0.05, 0) is 190 Å². The van der Waals surface area contributed by atoms with Gasteiger partial charge in [0.2, 0.25) is 0 Å². The Bertz CT molecular complexity index is 2370. The summed E-state index contributed by atoms with van der Waals surface area (Å²) in [6.07, 6.45) is 20.9. The molecule has 0 amide bonds. The second kappa shape index (κ2) is 14.8. The number of fused-ring (bicyclic) bond motifs is 5. The van der Waals surface area contributed by atoms with Gasteiger partial charge in [0.1, 0.15) is 5.58 Å². The number of hydrogen-bond donors (Lipinski definition) is 1. The molecular formula is C55H71BN2O. The molecule has 1 aromatic heterocycles. The zero-order valence-electron chi connectivity index (χ0n) is 38.9. The lowest BCUT2D eigenvalue weighted by Gasteiger charge is -2.43. The van der Waals surface area contributed by atoms with Crippen molar-refractivity contribution >= 4 is 51.3 Å². The highest BCUT2D eigenvalue weighted by Crippen LogP contribution is 2.51. The highest BCUT2D eigenvalue weighted by atomic mass is 16.3. The summed E-state index contributed by atoms with van der Waals surface area (Å²) in [6.45, 7) is 33.1. The molecule has 4 aliphatic rings. The Balaban J connectivity index is 1.44. The third kappa shape index (κ3) is 7.09. The quantitative estimate of drug-likeness (QED) is 0.189. The SMILES string of the molecule is C/C=C/Nc1cc(C(C)C)cc2c1B(c1cc3cc4c(cc3o1)C(C)(C)CCC4(C)C)c1cc3c(cc1N2/C=C/C1=C(/C=C/C)C(C)(C)CCC1(C)C)C(C)CCC3C. The fraction of sp³-hybridized carbons (Fsp3) is 0.491. The first-order valence-electron chi connectivity index (χ1n) is 22.9.